The van der Waals surface area contributed by atoms with Gasteiger partial charge in [0.1, 0.15) is 11.4 Å². The summed E-state index contributed by atoms with van der Waals surface area (Å²) in [7, 11) is -1.57. The van der Waals surface area contributed by atoms with Gasteiger partial charge in [0.15, 0.2) is 12.2 Å². The van der Waals surface area contributed by atoms with Crippen LogP contribution in [0.4, 0.5) is 0 Å². The number of esters is 1. The maximum absolute atomic E-state index is 13.2. The third-order valence-corrected chi connectivity index (χ3v) is 7.57. The molecule has 1 unspecified atom stereocenters. The van der Waals surface area contributed by atoms with Crippen molar-refractivity contribution in [2.75, 3.05) is 0 Å². The predicted molar refractivity (Wildman–Crippen MR) is 103 cm³/mol. The SMILES string of the molecule is CC1(C)[C@H](C(=O)OC(c2ccccc2)c2ccccc2)N2C(=O)[C@H](O)[C@H]2S1=O. The lowest BCUT2D eigenvalue weighted by molar-refractivity contribution is -0.174. The first-order valence-electron chi connectivity index (χ1n) is 9.05. The number of carbonyl (C=O) groups is 2. The number of fused-ring (bicyclic) bond motifs is 1. The molecule has 2 saturated heterocycles. The van der Waals surface area contributed by atoms with Crippen LogP contribution >= 0.6 is 0 Å². The van der Waals surface area contributed by atoms with E-state index in [2.05, 4.69) is 0 Å². The number of benzene rings is 2. The van der Waals surface area contributed by atoms with Gasteiger partial charge in [-0.05, 0) is 25.0 Å². The van der Waals surface area contributed by atoms with Gasteiger partial charge in [-0.3, -0.25) is 9.00 Å². The maximum Gasteiger partial charge on any atom is 0.331 e. The summed E-state index contributed by atoms with van der Waals surface area (Å²) < 4.78 is 17.6. The molecule has 0 bridgehead atoms. The molecular formula is C21H21NO5S. The topological polar surface area (TPSA) is 83.9 Å². The molecule has 2 aliphatic heterocycles. The van der Waals surface area contributed by atoms with Gasteiger partial charge in [-0.1, -0.05) is 60.7 Å². The van der Waals surface area contributed by atoms with Crippen molar-refractivity contribution < 1.29 is 23.6 Å². The van der Waals surface area contributed by atoms with Crippen molar-refractivity contribution in [3.8, 4) is 0 Å². The predicted octanol–water partition coefficient (Wildman–Crippen LogP) is 1.76. The molecule has 4 rings (SSSR count). The fraction of sp³-hybridized carbons (Fsp3) is 0.333. The van der Waals surface area contributed by atoms with Crippen molar-refractivity contribution in [1.29, 1.82) is 0 Å². The van der Waals surface area contributed by atoms with Gasteiger partial charge in [0.25, 0.3) is 5.91 Å². The van der Waals surface area contributed by atoms with E-state index in [1.54, 1.807) is 13.8 Å². The molecule has 2 aliphatic rings. The Morgan fingerprint density at radius 3 is 2.07 bits per heavy atom. The Labute approximate surface area is 165 Å². The minimum absolute atomic E-state index is 0.582. The van der Waals surface area contributed by atoms with Crippen molar-refractivity contribution in [3.05, 3.63) is 71.8 Å². The Morgan fingerprint density at radius 2 is 1.57 bits per heavy atom. The van der Waals surface area contributed by atoms with E-state index in [4.69, 9.17) is 4.74 Å². The summed E-state index contributed by atoms with van der Waals surface area (Å²) in [6.45, 7) is 3.32. The van der Waals surface area contributed by atoms with Gasteiger partial charge >= 0.3 is 5.97 Å². The number of ether oxygens (including phenoxy) is 1. The van der Waals surface area contributed by atoms with Crippen molar-refractivity contribution >= 4 is 22.7 Å². The van der Waals surface area contributed by atoms with Crippen LogP contribution in [0.15, 0.2) is 60.7 Å². The Bertz CT molecular complexity index is 891. The first kappa shape index (κ1) is 18.8. The first-order chi connectivity index (χ1) is 13.3. The van der Waals surface area contributed by atoms with Crippen molar-refractivity contribution in [3.63, 3.8) is 0 Å². The summed E-state index contributed by atoms with van der Waals surface area (Å²) in [6, 6.07) is 17.6. The summed E-state index contributed by atoms with van der Waals surface area (Å²) >= 11 is 0. The molecule has 28 heavy (non-hydrogen) atoms. The average molecular weight is 399 g/mol. The molecule has 2 heterocycles. The summed E-state index contributed by atoms with van der Waals surface area (Å²) in [6.07, 6.45) is -1.98. The second kappa shape index (κ2) is 6.83. The van der Waals surface area contributed by atoms with Crippen LogP contribution in [0.2, 0.25) is 0 Å². The number of aliphatic hydroxyl groups is 1. The number of hydrogen-bond donors (Lipinski definition) is 1. The van der Waals surface area contributed by atoms with E-state index >= 15 is 0 Å². The van der Waals surface area contributed by atoms with Crippen LogP contribution in [-0.2, 0) is 25.1 Å². The van der Waals surface area contributed by atoms with Gasteiger partial charge < -0.3 is 14.7 Å². The molecule has 2 aromatic carbocycles. The van der Waals surface area contributed by atoms with Gasteiger partial charge in [-0.15, -0.1) is 0 Å². The molecule has 2 fully saturated rings. The molecule has 7 heteroatoms. The molecule has 1 N–H and O–H groups in total. The number of rotatable bonds is 4. The lowest BCUT2D eigenvalue weighted by Gasteiger charge is -2.40. The van der Waals surface area contributed by atoms with Gasteiger partial charge in [0.2, 0.25) is 0 Å². The summed E-state index contributed by atoms with van der Waals surface area (Å²) in [5.41, 5.74) is 1.59. The van der Waals surface area contributed by atoms with E-state index in [9.17, 15) is 18.9 Å². The van der Waals surface area contributed by atoms with E-state index in [0.717, 1.165) is 11.1 Å². The molecule has 0 saturated carbocycles. The molecule has 0 radical (unpaired) electrons. The van der Waals surface area contributed by atoms with Gasteiger partial charge in [0.05, 0.1) is 15.5 Å². The van der Waals surface area contributed by atoms with E-state index in [1.165, 1.54) is 4.90 Å². The van der Waals surface area contributed by atoms with E-state index in [1.807, 2.05) is 60.7 Å². The van der Waals surface area contributed by atoms with E-state index < -0.39 is 51.0 Å². The molecule has 2 aromatic rings. The number of hydrogen-bond acceptors (Lipinski definition) is 5. The zero-order chi connectivity index (χ0) is 20.1. The third kappa shape index (κ3) is 2.77. The van der Waals surface area contributed by atoms with Crippen LogP contribution in [-0.4, -0.2) is 48.4 Å². The van der Waals surface area contributed by atoms with Crippen LogP contribution in [0.1, 0.15) is 31.1 Å². The molecule has 0 spiro atoms. The lowest BCUT2D eigenvalue weighted by atomic mass is 9.96. The Kier molecular flexibility index (Phi) is 4.59. The molecular weight excluding hydrogens is 378 g/mol. The van der Waals surface area contributed by atoms with Crippen LogP contribution in [0.3, 0.4) is 0 Å². The van der Waals surface area contributed by atoms with Gasteiger partial charge in [-0.2, -0.15) is 0 Å². The minimum atomic E-state index is -1.57. The first-order valence-corrected chi connectivity index (χ1v) is 10.3. The highest BCUT2D eigenvalue weighted by molar-refractivity contribution is 7.87. The van der Waals surface area contributed by atoms with Gasteiger partial charge in [-0.25, -0.2) is 4.79 Å². The van der Waals surface area contributed by atoms with Crippen LogP contribution in [0.25, 0.3) is 0 Å². The maximum atomic E-state index is 13.2. The van der Waals surface area contributed by atoms with E-state index in [-0.39, 0.29) is 0 Å². The minimum Gasteiger partial charge on any atom is -0.451 e. The zero-order valence-electron chi connectivity index (χ0n) is 15.5. The number of aliphatic hydroxyl groups excluding tert-OH is 1. The summed E-state index contributed by atoms with van der Waals surface area (Å²) in [5.74, 6) is -1.21. The lowest BCUT2D eigenvalue weighted by Crippen LogP contribution is -2.66. The zero-order valence-corrected chi connectivity index (χ0v) is 16.3. The standard InChI is InChI=1S/C21H21NO5S/c1-21(2)17(22-18(24)15(23)19(22)28(21)26)20(25)27-16(13-9-5-3-6-10-13)14-11-7-4-8-12-14/h3-12,15-17,19,23H,1-2H3/t15-,17-,19+,28?/m0/s1. The fourth-order valence-corrected chi connectivity index (χ4v) is 5.72. The van der Waals surface area contributed by atoms with Crippen molar-refractivity contribution in [2.24, 2.45) is 0 Å². The number of nitrogens with zero attached hydrogens (tertiary/aromatic N) is 1. The highest BCUT2D eigenvalue weighted by Gasteiger charge is 2.68. The summed E-state index contributed by atoms with van der Waals surface area (Å²) in [5, 5.41) is 9.04. The molecule has 6 nitrogen and oxygen atoms in total. The number of amides is 1. The van der Waals surface area contributed by atoms with Crippen LogP contribution < -0.4 is 0 Å². The largest absolute Gasteiger partial charge is 0.451 e. The molecule has 1 amide bonds. The molecule has 4 atom stereocenters. The monoisotopic (exact) mass is 399 g/mol. The fourth-order valence-electron chi connectivity index (χ4n) is 3.88. The molecule has 0 aliphatic carbocycles. The normalized spacial score (nSPS) is 28.0. The second-order valence-corrected chi connectivity index (χ2v) is 9.65. The molecule has 0 aromatic heterocycles. The summed E-state index contributed by atoms with van der Waals surface area (Å²) in [4.78, 5) is 26.5. The second-order valence-electron chi connectivity index (χ2n) is 7.52. The Morgan fingerprint density at radius 1 is 1.07 bits per heavy atom. The van der Waals surface area contributed by atoms with Crippen LogP contribution in [0, 0.1) is 0 Å². The smallest absolute Gasteiger partial charge is 0.331 e. The number of carbonyl (C=O) groups excluding carboxylic acids is 2. The number of β-lactam (4-membered cyclic amide) rings is 1. The van der Waals surface area contributed by atoms with Crippen LogP contribution in [0.5, 0.6) is 0 Å². The quantitative estimate of drug-likeness (QED) is 0.626. The Hall–Kier alpha value is -2.51. The molecule has 146 valence electrons. The average Bonchev–Trinajstić information content (AvgIpc) is 2.91. The highest BCUT2D eigenvalue weighted by Crippen LogP contribution is 2.44. The highest BCUT2D eigenvalue weighted by atomic mass is 32.2. The Balaban J connectivity index is 1.67. The van der Waals surface area contributed by atoms with Crippen molar-refractivity contribution in [2.45, 2.75) is 42.2 Å². The van der Waals surface area contributed by atoms with Gasteiger partial charge in [0, 0.05) is 0 Å². The third-order valence-electron chi connectivity index (χ3n) is 5.39. The van der Waals surface area contributed by atoms with Crippen molar-refractivity contribution in [1.82, 2.24) is 4.90 Å². The van der Waals surface area contributed by atoms with E-state index in [0.29, 0.717) is 0 Å².